The second-order valence-electron chi connectivity index (χ2n) is 6.86. The molecule has 0 spiro atoms. The highest BCUT2D eigenvalue weighted by molar-refractivity contribution is 5.66. The maximum Gasteiger partial charge on any atom is 0.232 e. The molecule has 0 fully saturated rings. The van der Waals surface area contributed by atoms with Gasteiger partial charge in [0.15, 0.2) is 0 Å². The van der Waals surface area contributed by atoms with Crippen LogP contribution in [0.5, 0.6) is 11.6 Å². The number of hydrogen-bond acceptors (Lipinski definition) is 6. The van der Waals surface area contributed by atoms with E-state index in [0.29, 0.717) is 17.0 Å². The average Bonchev–Trinajstić information content (AvgIpc) is 2.75. The lowest BCUT2D eigenvalue weighted by molar-refractivity contribution is 0.459. The summed E-state index contributed by atoms with van der Waals surface area (Å²) in [5.74, 6) is 1.12. The average molecular weight is 411 g/mol. The van der Waals surface area contributed by atoms with Gasteiger partial charge in [-0.1, -0.05) is 18.2 Å². The lowest BCUT2D eigenvalue weighted by atomic mass is 10.0. The molecule has 0 amide bonds. The Hall–Kier alpha value is -4.44. The second-order valence-corrected chi connectivity index (χ2v) is 6.86. The molecule has 31 heavy (non-hydrogen) atoms. The summed E-state index contributed by atoms with van der Waals surface area (Å²) in [6, 6.07) is 22.5. The number of anilines is 3. The number of nitrogens with zero attached hydrogens (tertiary/aromatic N) is 3. The van der Waals surface area contributed by atoms with Crippen LogP contribution in [0.25, 0.3) is 11.1 Å². The Labute approximate surface area is 178 Å². The van der Waals surface area contributed by atoms with Crippen molar-refractivity contribution in [3.63, 3.8) is 0 Å². The number of nitrogen functional groups attached to an aromatic ring is 1. The van der Waals surface area contributed by atoms with Gasteiger partial charge in [-0.05, 0) is 72.1 Å². The monoisotopic (exact) mass is 411 g/mol. The van der Waals surface area contributed by atoms with Crippen molar-refractivity contribution in [1.82, 2.24) is 9.97 Å². The van der Waals surface area contributed by atoms with E-state index in [-0.39, 0.29) is 23.5 Å². The maximum atomic E-state index is 13.5. The fourth-order valence-electron chi connectivity index (χ4n) is 3.03. The summed E-state index contributed by atoms with van der Waals surface area (Å²) in [6.45, 7) is 1.90. The maximum absolute atomic E-state index is 13.5. The van der Waals surface area contributed by atoms with E-state index >= 15 is 0 Å². The molecule has 0 saturated carbocycles. The van der Waals surface area contributed by atoms with Crippen molar-refractivity contribution in [1.29, 1.82) is 5.26 Å². The summed E-state index contributed by atoms with van der Waals surface area (Å²) in [5.41, 5.74) is 9.72. The van der Waals surface area contributed by atoms with Gasteiger partial charge in [0.2, 0.25) is 11.8 Å². The van der Waals surface area contributed by atoms with Crippen molar-refractivity contribution >= 4 is 17.5 Å². The van der Waals surface area contributed by atoms with Crippen LogP contribution in [-0.2, 0) is 0 Å². The third-order valence-electron chi connectivity index (χ3n) is 4.54. The molecule has 0 radical (unpaired) electrons. The first-order valence-electron chi connectivity index (χ1n) is 9.46. The van der Waals surface area contributed by atoms with Crippen LogP contribution in [-0.4, -0.2) is 9.97 Å². The molecule has 4 aromatic rings. The van der Waals surface area contributed by atoms with Crippen molar-refractivity contribution in [3.05, 3.63) is 89.7 Å². The van der Waals surface area contributed by atoms with Crippen molar-refractivity contribution in [2.24, 2.45) is 0 Å². The third-order valence-corrected chi connectivity index (χ3v) is 4.54. The first-order valence-corrected chi connectivity index (χ1v) is 9.46. The molecule has 152 valence electrons. The van der Waals surface area contributed by atoms with Gasteiger partial charge in [-0.2, -0.15) is 15.2 Å². The highest BCUT2D eigenvalue weighted by Gasteiger charge is 2.09. The third kappa shape index (κ3) is 4.77. The Morgan fingerprint density at radius 1 is 0.968 bits per heavy atom. The van der Waals surface area contributed by atoms with E-state index in [0.717, 1.165) is 16.7 Å². The van der Waals surface area contributed by atoms with E-state index < -0.39 is 0 Å². The zero-order valence-electron chi connectivity index (χ0n) is 16.6. The van der Waals surface area contributed by atoms with Gasteiger partial charge >= 0.3 is 0 Å². The number of nitriles is 1. The van der Waals surface area contributed by atoms with Crippen molar-refractivity contribution < 1.29 is 9.13 Å². The number of nitrogens with one attached hydrogen (secondary N) is 1. The summed E-state index contributed by atoms with van der Waals surface area (Å²) >= 11 is 0. The fraction of sp³-hybridized carbons (Fsp3) is 0.0417. The van der Waals surface area contributed by atoms with Crippen LogP contribution < -0.4 is 15.8 Å². The van der Waals surface area contributed by atoms with Crippen LogP contribution in [0.2, 0.25) is 0 Å². The number of rotatable bonds is 5. The summed E-state index contributed by atoms with van der Waals surface area (Å²) in [6.07, 6.45) is 0. The largest absolute Gasteiger partial charge is 0.439 e. The highest BCUT2D eigenvalue weighted by atomic mass is 19.1. The van der Waals surface area contributed by atoms with Crippen LogP contribution in [0.15, 0.2) is 72.8 Å². The van der Waals surface area contributed by atoms with Crippen LogP contribution in [0, 0.1) is 24.1 Å². The molecule has 6 nitrogen and oxygen atoms in total. The standard InChI is InChI=1S/C24H18FN5O/c1-15-11-18(17-3-2-4-19(25)12-17)7-10-21(15)31-23-13-22(27)29-24(30-23)28-20-8-5-16(14-26)6-9-20/h2-13H,1H3,(H3,27,28,29,30). The molecule has 0 unspecified atom stereocenters. The summed E-state index contributed by atoms with van der Waals surface area (Å²) < 4.78 is 19.5. The number of aryl methyl sites for hydroxylation is 1. The van der Waals surface area contributed by atoms with Crippen molar-refractivity contribution in [2.75, 3.05) is 11.1 Å². The van der Waals surface area contributed by atoms with Crippen molar-refractivity contribution in [3.8, 4) is 28.8 Å². The predicted octanol–water partition coefficient (Wildman–Crippen LogP) is 5.58. The molecule has 0 aliphatic carbocycles. The zero-order valence-corrected chi connectivity index (χ0v) is 16.6. The number of ether oxygens (including phenoxy) is 1. The highest BCUT2D eigenvalue weighted by Crippen LogP contribution is 2.30. The molecule has 0 saturated heterocycles. The number of nitrogens with two attached hydrogens (primary N) is 1. The van der Waals surface area contributed by atoms with Crippen LogP contribution in [0.1, 0.15) is 11.1 Å². The van der Waals surface area contributed by atoms with E-state index in [2.05, 4.69) is 21.4 Å². The zero-order chi connectivity index (χ0) is 21.8. The Morgan fingerprint density at radius 2 is 1.74 bits per heavy atom. The van der Waals surface area contributed by atoms with E-state index in [1.165, 1.54) is 18.2 Å². The van der Waals surface area contributed by atoms with E-state index in [1.807, 2.05) is 31.2 Å². The van der Waals surface area contributed by atoms with Crippen LogP contribution >= 0.6 is 0 Å². The molecule has 4 rings (SSSR count). The quantitative estimate of drug-likeness (QED) is 0.445. The number of hydrogen-bond donors (Lipinski definition) is 2. The Kier molecular flexibility index (Phi) is 5.45. The minimum Gasteiger partial charge on any atom is -0.439 e. The van der Waals surface area contributed by atoms with Gasteiger partial charge in [-0.25, -0.2) is 4.39 Å². The smallest absolute Gasteiger partial charge is 0.232 e. The number of halogens is 1. The molecule has 7 heteroatoms. The fourth-order valence-corrected chi connectivity index (χ4v) is 3.03. The summed E-state index contributed by atoms with van der Waals surface area (Å²) in [4.78, 5) is 8.53. The van der Waals surface area contributed by atoms with E-state index in [1.54, 1.807) is 30.3 Å². The molecule has 1 aromatic heterocycles. The van der Waals surface area contributed by atoms with Gasteiger partial charge in [0, 0.05) is 11.8 Å². The number of benzene rings is 3. The van der Waals surface area contributed by atoms with E-state index in [4.69, 9.17) is 15.7 Å². The minimum absolute atomic E-state index is 0.246. The SMILES string of the molecule is Cc1cc(-c2cccc(F)c2)ccc1Oc1cc(N)nc(Nc2ccc(C#N)cc2)n1. The molecule has 0 aliphatic rings. The Bertz CT molecular complexity index is 1280. The molecule has 3 N–H and O–H groups in total. The molecular formula is C24H18FN5O. The van der Waals surface area contributed by atoms with Gasteiger partial charge in [-0.15, -0.1) is 0 Å². The second kappa shape index (κ2) is 8.51. The first-order chi connectivity index (χ1) is 15.0. The molecule has 0 aliphatic heterocycles. The van der Waals surface area contributed by atoms with Gasteiger partial charge in [0.05, 0.1) is 11.6 Å². The number of aromatic nitrogens is 2. The Morgan fingerprint density at radius 3 is 2.45 bits per heavy atom. The van der Waals surface area contributed by atoms with Crippen LogP contribution in [0.3, 0.4) is 0 Å². The first kappa shape index (κ1) is 19.9. The molecule has 0 bridgehead atoms. The molecule has 1 heterocycles. The summed E-state index contributed by atoms with van der Waals surface area (Å²) in [5, 5.41) is 11.9. The van der Waals surface area contributed by atoms with Crippen molar-refractivity contribution in [2.45, 2.75) is 6.92 Å². The molecule has 3 aromatic carbocycles. The minimum atomic E-state index is -0.283. The van der Waals surface area contributed by atoms with Gasteiger partial charge < -0.3 is 15.8 Å². The van der Waals surface area contributed by atoms with E-state index in [9.17, 15) is 4.39 Å². The van der Waals surface area contributed by atoms with Gasteiger partial charge in [0.1, 0.15) is 17.4 Å². The van der Waals surface area contributed by atoms with Crippen LogP contribution in [0.4, 0.5) is 21.8 Å². The Balaban J connectivity index is 1.55. The predicted molar refractivity (Wildman–Crippen MR) is 118 cm³/mol. The van der Waals surface area contributed by atoms with Gasteiger partial charge in [-0.3, -0.25) is 0 Å². The molecular weight excluding hydrogens is 393 g/mol. The molecule has 0 atom stereocenters. The summed E-state index contributed by atoms with van der Waals surface area (Å²) in [7, 11) is 0. The lowest BCUT2D eigenvalue weighted by Gasteiger charge is -2.12. The van der Waals surface area contributed by atoms with Gasteiger partial charge in [0.25, 0.3) is 0 Å². The topological polar surface area (TPSA) is 96.9 Å². The normalized spacial score (nSPS) is 10.4. The lowest BCUT2D eigenvalue weighted by Crippen LogP contribution is -2.02.